The van der Waals surface area contributed by atoms with Crippen LogP contribution in [0.15, 0.2) is 48.1 Å². The number of carbonyl (C=O) groups excluding carboxylic acids is 1. The zero-order valence-electron chi connectivity index (χ0n) is 11.1. The fraction of sp³-hybridized carbons (Fsp3) is 0. The monoisotopic (exact) mass is 314 g/mol. The van der Waals surface area contributed by atoms with Crippen LogP contribution in [0.1, 0.15) is 21.0 Å². The Bertz CT molecular complexity index is 825. The number of hydrogen-bond donors (Lipinski definition) is 2. The number of nitrogens with zero attached hydrogens (tertiary/aromatic N) is 3. The van der Waals surface area contributed by atoms with Crippen LogP contribution in [0.25, 0.3) is 5.69 Å². The highest BCUT2D eigenvalue weighted by Crippen LogP contribution is 2.20. The highest BCUT2D eigenvalue weighted by Gasteiger charge is 2.14. The summed E-state index contributed by atoms with van der Waals surface area (Å²) in [5.74, 6) is -1.52. The number of anilines is 1. The molecule has 2 aromatic heterocycles. The average Bonchev–Trinajstić information content (AvgIpc) is 3.17. The molecule has 2 N–H and O–H groups in total. The second kappa shape index (κ2) is 5.78. The van der Waals surface area contributed by atoms with Crippen LogP contribution in [0.4, 0.5) is 5.00 Å². The van der Waals surface area contributed by atoms with Gasteiger partial charge in [0, 0.05) is 5.38 Å². The lowest BCUT2D eigenvalue weighted by Crippen LogP contribution is -2.13. The Kier molecular flexibility index (Phi) is 3.67. The van der Waals surface area contributed by atoms with Gasteiger partial charge in [-0.15, -0.1) is 16.4 Å². The lowest BCUT2D eigenvalue weighted by molar-refractivity contribution is 0.0697. The molecule has 110 valence electrons. The zero-order valence-corrected chi connectivity index (χ0v) is 11.9. The number of amides is 1. The number of benzene rings is 1. The zero-order chi connectivity index (χ0) is 15.5. The number of para-hydroxylation sites is 1. The molecule has 0 aliphatic heterocycles. The maximum Gasteiger partial charge on any atom is 0.336 e. The van der Waals surface area contributed by atoms with Gasteiger partial charge >= 0.3 is 5.97 Å². The van der Waals surface area contributed by atoms with E-state index in [2.05, 4.69) is 15.4 Å². The van der Waals surface area contributed by atoms with Crippen molar-refractivity contribution in [3.8, 4) is 5.69 Å². The van der Waals surface area contributed by atoms with E-state index in [1.54, 1.807) is 0 Å². The number of thiophene rings is 1. The summed E-state index contributed by atoms with van der Waals surface area (Å²) in [7, 11) is 0. The van der Waals surface area contributed by atoms with Crippen LogP contribution in [0, 0.1) is 0 Å². The normalized spacial score (nSPS) is 10.4. The third kappa shape index (κ3) is 2.86. The number of hydrogen-bond acceptors (Lipinski definition) is 5. The topological polar surface area (TPSA) is 97.1 Å². The average molecular weight is 314 g/mol. The van der Waals surface area contributed by atoms with E-state index < -0.39 is 11.9 Å². The van der Waals surface area contributed by atoms with Crippen LogP contribution in [0.3, 0.4) is 0 Å². The summed E-state index contributed by atoms with van der Waals surface area (Å²) in [5.41, 5.74) is 0.918. The van der Waals surface area contributed by atoms with Crippen LogP contribution in [0.2, 0.25) is 0 Å². The van der Waals surface area contributed by atoms with Crippen molar-refractivity contribution in [1.29, 1.82) is 0 Å². The Morgan fingerprint density at radius 1 is 1.23 bits per heavy atom. The molecule has 3 rings (SSSR count). The number of rotatable bonds is 4. The summed E-state index contributed by atoms with van der Waals surface area (Å²) < 4.78 is 1.49. The van der Waals surface area contributed by atoms with Gasteiger partial charge in [-0.25, -0.2) is 14.5 Å². The summed E-state index contributed by atoms with van der Waals surface area (Å²) in [4.78, 5) is 26.8. The van der Waals surface area contributed by atoms with Crippen molar-refractivity contribution in [3.63, 3.8) is 0 Å². The van der Waals surface area contributed by atoms with Crippen molar-refractivity contribution < 1.29 is 14.7 Å². The van der Waals surface area contributed by atoms with Gasteiger partial charge in [0.25, 0.3) is 5.91 Å². The van der Waals surface area contributed by atoms with Gasteiger partial charge in [-0.2, -0.15) is 0 Å². The SMILES string of the molecule is O=C(O)c1csc(NC(=O)c2ncn(-c3ccccc3)n2)c1. The largest absolute Gasteiger partial charge is 0.478 e. The Labute approximate surface area is 128 Å². The molecule has 0 aliphatic carbocycles. The van der Waals surface area contributed by atoms with Crippen LogP contribution in [-0.4, -0.2) is 31.7 Å². The summed E-state index contributed by atoms with van der Waals surface area (Å²) in [6, 6.07) is 10.7. The van der Waals surface area contributed by atoms with E-state index in [1.807, 2.05) is 30.3 Å². The summed E-state index contributed by atoms with van der Waals surface area (Å²) in [6.45, 7) is 0. The van der Waals surface area contributed by atoms with E-state index >= 15 is 0 Å². The first kappa shape index (κ1) is 14.0. The minimum Gasteiger partial charge on any atom is -0.478 e. The third-order valence-corrected chi connectivity index (χ3v) is 3.64. The summed E-state index contributed by atoms with van der Waals surface area (Å²) >= 11 is 1.13. The Morgan fingerprint density at radius 3 is 2.68 bits per heavy atom. The lowest BCUT2D eigenvalue weighted by Gasteiger charge is -1.99. The van der Waals surface area contributed by atoms with Crippen molar-refractivity contribution >= 4 is 28.2 Å². The molecule has 22 heavy (non-hydrogen) atoms. The van der Waals surface area contributed by atoms with Crippen molar-refractivity contribution in [2.45, 2.75) is 0 Å². The third-order valence-electron chi connectivity index (χ3n) is 2.80. The van der Waals surface area contributed by atoms with E-state index in [-0.39, 0.29) is 11.4 Å². The first-order chi connectivity index (χ1) is 10.6. The minimum atomic E-state index is -1.04. The number of nitrogens with one attached hydrogen (secondary N) is 1. The predicted molar refractivity (Wildman–Crippen MR) is 80.6 cm³/mol. The molecular formula is C14H10N4O3S. The molecule has 0 unspecified atom stereocenters. The second-order valence-corrected chi connectivity index (χ2v) is 5.22. The number of aromatic carboxylic acids is 1. The fourth-order valence-corrected chi connectivity index (χ4v) is 2.52. The van der Waals surface area contributed by atoms with E-state index in [9.17, 15) is 9.59 Å². The van der Waals surface area contributed by atoms with Gasteiger partial charge in [0.2, 0.25) is 5.82 Å². The summed E-state index contributed by atoms with van der Waals surface area (Å²) in [5, 5.41) is 17.4. The van der Waals surface area contributed by atoms with Crippen LogP contribution >= 0.6 is 11.3 Å². The van der Waals surface area contributed by atoms with Crippen LogP contribution in [-0.2, 0) is 0 Å². The Balaban J connectivity index is 1.75. The maximum absolute atomic E-state index is 12.0. The number of carbonyl (C=O) groups is 2. The quantitative estimate of drug-likeness (QED) is 0.770. The van der Waals surface area contributed by atoms with Gasteiger partial charge in [0.1, 0.15) is 6.33 Å². The molecule has 3 aromatic rings. The van der Waals surface area contributed by atoms with E-state index in [4.69, 9.17) is 5.11 Å². The van der Waals surface area contributed by atoms with Crippen LogP contribution in [0.5, 0.6) is 0 Å². The lowest BCUT2D eigenvalue weighted by atomic mass is 10.3. The van der Waals surface area contributed by atoms with Crippen molar-refractivity contribution in [3.05, 3.63) is 59.5 Å². The van der Waals surface area contributed by atoms with Gasteiger partial charge in [0.15, 0.2) is 0 Å². The van der Waals surface area contributed by atoms with Gasteiger partial charge in [-0.05, 0) is 18.2 Å². The van der Waals surface area contributed by atoms with E-state index in [1.165, 1.54) is 22.5 Å². The molecule has 1 aromatic carbocycles. The maximum atomic E-state index is 12.0. The molecular weight excluding hydrogens is 304 g/mol. The highest BCUT2D eigenvalue weighted by atomic mass is 32.1. The first-order valence-electron chi connectivity index (χ1n) is 6.24. The molecule has 0 saturated heterocycles. The van der Waals surface area contributed by atoms with Gasteiger partial charge in [-0.1, -0.05) is 18.2 Å². The highest BCUT2D eigenvalue weighted by molar-refractivity contribution is 7.14. The number of aromatic nitrogens is 3. The molecule has 0 aliphatic rings. The van der Waals surface area contributed by atoms with Crippen molar-refractivity contribution in [1.82, 2.24) is 14.8 Å². The standard InChI is InChI=1S/C14H10N4O3S/c19-13(16-11-6-9(7-22-11)14(20)21)12-15-8-18(17-12)10-4-2-1-3-5-10/h1-8H,(H,16,19)(H,20,21). The Hall–Kier alpha value is -3.00. The molecule has 7 nitrogen and oxygen atoms in total. The first-order valence-corrected chi connectivity index (χ1v) is 7.12. The van der Waals surface area contributed by atoms with Crippen LogP contribution < -0.4 is 5.32 Å². The van der Waals surface area contributed by atoms with Crippen molar-refractivity contribution in [2.75, 3.05) is 5.32 Å². The van der Waals surface area contributed by atoms with Gasteiger partial charge in [0.05, 0.1) is 16.3 Å². The molecule has 0 radical (unpaired) electrons. The molecule has 2 heterocycles. The molecule has 0 saturated carbocycles. The molecule has 0 atom stereocenters. The van der Waals surface area contributed by atoms with E-state index in [0.29, 0.717) is 5.00 Å². The predicted octanol–water partition coefficient (Wildman–Crippen LogP) is 2.28. The fourth-order valence-electron chi connectivity index (χ4n) is 1.75. The molecule has 0 spiro atoms. The van der Waals surface area contributed by atoms with E-state index in [0.717, 1.165) is 17.0 Å². The number of carboxylic acids is 1. The smallest absolute Gasteiger partial charge is 0.336 e. The molecule has 0 bridgehead atoms. The molecule has 0 fully saturated rings. The summed E-state index contributed by atoms with van der Waals surface area (Å²) in [6.07, 6.45) is 1.45. The van der Waals surface area contributed by atoms with Gasteiger partial charge in [-0.3, -0.25) is 4.79 Å². The van der Waals surface area contributed by atoms with Crippen molar-refractivity contribution in [2.24, 2.45) is 0 Å². The molecule has 8 heteroatoms. The molecule has 1 amide bonds. The van der Waals surface area contributed by atoms with Gasteiger partial charge < -0.3 is 10.4 Å². The number of carboxylic acid groups (broad SMARTS) is 1. The Morgan fingerprint density at radius 2 is 2.00 bits per heavy atom. The minimum absolute atomic E-state index is 0.00845. The second-order valence-electron chi connectivity index (χ2n) is 4.31.